The summed E-state index contributed by atoms with van der Waals surface area (Å²) in [5, 5.41) is 0. The van der Waals surface area contributed by atoms with Gasteiger partial charge in [0.05, 0.1) is 6.61 Å². The van der Waals surface area contributed by atoms with Crippen molar-refractivity contribution in [1.29, 1.82) is 0 Å². The van der Waals surface area contributed by atoms with Gasteiger partial charge < -0.3 is 4.74 Å². The van der Waals surface area contributed by atoms with Crippen molar-refractivity contribution < 1.29 is 9.53 Å². The van der Waals surface area contributed by atoms with Crippen LogP contribution in [-0.2, 0) is 6.42 Å². The first kappa shape index (κ1) is 11.5. The molecule has 2 heteroatoms. The van der Waals surface area contributed by atoms with Crippen molar-refractivity contribution in [2.75, 3.05) is 6.61 Å². The summed E-state index contributed by atoms with van der Waals surface area (Å²) >= 11 is 0. The maximum absolute atomic E-state index is 11.6. The second-order valence-electron chi connectivity index (χ2n) is 6.49. The Morgan fingerprint density at radius 1 is 1.16 bits per heavy atom. The number of benzene rings is 1. The quantitative estimate of drug-likeness (QED) is 0.825. The third kappa shape index (κ3) is 1.98. The summed E-state index contributed by atoms with van der Waals surface area (Å²) in [7, 11) is 0. The highest BCUT2D eigenvalue weighted by molar-refractivity contribution is 6.00. The Labute approximate surface area is 114 Å². The predicted octanol–water partition coefficient (Wildman–Crippen LogP) is 3.63. The Hall–Kier alpha value is -1.31. The van der Waals surface area contributed by atoms with Gasteiger partial charge in [-0.15, -0.1) is 0 Å². The minimum atomic E-state index is 0.287. The van der Waals surface area contributed by atoms with Gasteiger partial charge in [-0.3, -0.25) is 4.79 Å². The summed E-state index contributed by atoms with van der Waals surface area (Å²) in [6, 6.07) is 5.99. The number of Topliss-reactive ketones (excluding diaryl/α,β-unsaturated/α-hetero) is 1. The lowest BCUT2D eigenvalue weighted by Gasteiger charge is -2.21. The van der Waals surface area contributed by atoms with Crippen molar-refractivity contribution in [3.05, 3.63) is 29.3 Å². The van der Waals surface area contributed by atoms with Crippen molar-refractivity contribution in [2.24, 2.45) is 17.8 Å². The van der Waals surface area contributed by atoms with Crippen molar-refractivity contribution in [2.45, 2.75) is 38.5 Å². The van der Waals surface area contributed by atoms with Crippen LogP contribution in [0.5, 0.6) is 5.75 Å². The van der Waals surface area contributed by atoms with E-state index < -0.39 is 0 Å². The van der Waals surface area contributed by atoms with Gasteiger partial charge in [-0.25, -0.2) is 0 Å². The lowest BCUT2D eigenvalue weighted by atomic mass is 9.89. The van der Waals surface area contributed by atoms with Gasteiger partial charge in [0.15, 0.2) is 5.78 Å². The predicted molar refractivity (Wildman–Crippen MR) is 73.5 cm³/mol. The molecule has 2 bridgehead atoms. The fraction of sp³-hybridized carbons (Fsp3) is 0.588. The van der Waals surface area contributed by atoms with E-state index in [1.54, 1.807) is 0 Å². The molecular formula is C17H20O2. The molecule has 2 nitrogen and oxygen atoms in total. The highest BCUT2D eigenvalue weighted by Crippen LogP contribution is 2.48. The fourth-order valence-electron chi connectivity index (χ4n) is 4.31. The van der Waals surface area contributed by atoms with Gasteiger partial charge in [-0.05, 0) is 67.2 Å². The second-order valence-corrected chi connectivity index (χ2v) is 6.49. The van der Waals surface area contributed by atoms with Gasteiger partial charge >= 0.3 is 0 Å². The molecule has 0 saturated heterocycles. The van der Waals surface area contributed by atoms with Crippen LogP contribution in [0.2, 0.25) is 0 Å². The zero-order valence-electron chi connectivity index (χ0n) is 11.2. The van der Waals surface area contributed by atoms with E-state index in [-0.39, 0.29) is 5.78 Å². The number of carbonyl (C=O) groups excluding carboxylic acids is 1. The van der Waals surface area contributed by atoms with Crippen molar-refractivity contribution >= 4 is 5.78 Å². The monoisotopic (exact) mass is 256 g/mol. The lowest BCUT2D eigenvalue weighted by molar-refractivity contribution is 0.0994. The number of ether oxygens (including phenoxy) is 1. The maximum Gasteiger partial charge on any atom is 0.163 e. The van der Waals surface area contributed by atoms with Crippen molar-refractivity contribution in [3.8, 4) is 5.75 Å². The molecule has 3 aliphatic carbocycles. The van der Waals surface area contributed by atoms with E-state index in [0.717, 1.165) is 42.1 Å². The molecule has 0 spiro atoms. The number of fused-ring (bicyclic) bond motifs is 3. The van der Waals surface area contributed by atoms with E-state index in [1.165, 1.54) is 31.2 Å². The molecule has 1 aromatic carbocycles. The molecule has 3 atom stereocenters. The molecule has 3 aliphatic rings. The van der Waals surface area contributed by atoms with Crippen LogP contribution in [0.4, 0.5) is 0 Å². The second kappa shape index (κ2) is 4.36. The van der Waals surface area contributed by atoms with Gasteiger partial charge in [0, 0.05) is 12.0 Å². The number of rotatable bonds is 3. The average Bonchev–Trinajstić information content (AvgIpc) is 3.12. The van der Waals surface area contributed by atoms with Gasteiger partial charge in [-0.1, -0.05) is 6.42 Å². The summed E-state index contributed by atoms with van der Waals surface area (Å²) in [5.41, 5.74) is 2.09. The smallest absolute Gasteiger partial charge is 0.163 e. The first-order valence-electron chi connectivity index (χ1n) is 7.58. The van der Waals surface area contributed by atoms with Crippen LogP contribution in [0.25, 0.3) is 0 Å². The standard InChI is InChI=1S/C17H20O2/c18-17-6-3-13-9-15(4-5-16(13)17)19-10-14-8-11-1-2-12(14)7-11/h4-5,9,11-12,14H,1-3,6-8,10H2. The van der Waals surface area contributed by atoms with E-state index in [2.05, 4.69) is 6.07 Å². The van der Waals surface area contributed by atoms with Crippen LogP contribution in [0, 0.1) is 17.8 Å². The number of ketones is 1. The molecule has 2 saturated carbocycles. The molecule has 3 unspecified atom stereocenters. The Morgan fingerprint density at radius 2 is 2.11 bits per heavy atom. The van der Waals surface area contributed by atoms with Crippen LogP contribution >= 0.6 is 0 Å². The molecule has 0 radical (unpaired) electrons. The SMILES string of the molecule is O=C1CCc2cc(OCC3CC4CCC3C4)ccc21. The lowest BCUT2D eigenvalue weighted by Crippen LogP contribution is -2.18. The third-order valence-corrected chi connectivity index (χ3v) is 5.35. The fourth-order valence-corrected chi connectivity index (χ4v) is 4.31. The average molecular weight is 256 g/mol. The molecule has 4 rings (SSSR count). The molecular weight excluding hydrogens is 236 g/mol. The number of hydrogen-bond donors (Lipinski definition) is 0. The number of carbonyl (C=O) groups is 1. The molecule has 1 aromatic rings. The topological polar surface area (TPSA) is 26.3 Å². The van der Waals surface area contributed by atoms with Crippen LogP contribution in [0.15, 0.2) is 18.2 Å². The van der Waals surface area contributed by atoms with Crippen LogP contribution in [-0.4, -0.2) is 12.4 Å². The van der Waals surface area contributed by atoms with E-state index in [1.807, 2.05) is 12.1 Å². The number of aryl methyl sites for hydroxylation is 1. The van der Waals surface area contributed by atoms with E-state index >= 15 is 0 Å². The van der Waals surface area contributed by atoms with Gasteiger partial charge in [-0.2, -0.15) is 0 Å². The Bertz CT molecular complexity index is 520. The zero-order valence-corrected chi connectivity index (χ0v) is 11.2. The molecule has 0 amide bonds. The van der Waals surface area contributed by atoms with Crippen LogP contribution < -0.4 is 4.74 Å². The minimum absolute atomic E-state index is 0.287. The largest absolute Gasteiger partial charge is 0.493 e. The Morgan fingerprint density at radius 3 is 2.89 bits per heavy atom. The van der Waals surface area contributed by atoms with Crippen LogP contribution in [0.3, 0.4) is 0 Å². The van der Waals surface area contributed by atoms with Crippen molar-refractivity contribution in [3.63, 3.8) is 0 Å². The summed E-state index contributed by atoms with van der Waals surface area (Å²) in [4.78, 5) is 11.6. The van der Waals surface area contributed by atoms with Crippen molar-refractivity contribution in [1.82, 2.24) is 0 Å². The molecule has 19 heavy (non-hydrogen) atoms. The summed E-state index contributed by atoms with van der Waals surface area (Å²) in [6.45, 7) is 0.869. The first-order valence-corrected chi connectivity index (χ1v) is 7.58. The molecule has 0 aromatic heterocycles. The Balaban J connectivity index is 1.42. The molecule has 2 fully saturated rings. The molecule has 0 aliphatic heterocycles. The van der Waals surface area contributed by atoms with Gasteiger partial charge in [0.25, 0.3) is 0 Å². The van der Waals surface area contributed by atoms with Gasteiger partial charge in [0.2, 0.25) is 0 Å². The molecule has 100 valence electrons. The maximum atomic E-state index is 11.6. The molecule has 0 N–H and O–H groups in total. The van der Waals surface area contributed by atoms with Crippen LogP contribution in [0.1, 0.15) is 48.0 Å². The zero-order chi connectivity index (χ0) is 12.8. The Kier molecular flexibility index (Phi) is 2.64. The molecule has 0 heterocycles. The van der Waals surface area contributed by atoms with Gasteiger partial charge in [0.1, 0.15) is 5.75 Å². The third-order valence-electron chi connectivity index (χ3n) is 5.35. The van der Waals surface area contributed by atoms with E-state index in [0.29, 0.717) is 6.42 Å². The normalized spacial score (nSPS) is 31.8. The number of hydrogen-bond acceptors (Lipinski definition) is 2. The van der Waals surface area contributed by atoms with E-state index in [4.69, 9.17) is 4.74 Å². The summed E-state index contributed by atoms with van der Waals surface area (Å²) in [5.74, 6) is 3.91. The summed E-state index contributed by atoms with van der Waals surface area (Å²) < 4.78 is 5.99. The highest BCUT2D eigenvalue weighted by Gasteiger charge is 2.39. The summed E-state index contributed by atoms with van der Waals surface area (Å²) in [6.07, 6.45) is 7.23. The minimum Gasteiger partial charge on any atom is -0.493 e. The highest BCUT2D eigenvalue weighted by atomic mass is 16.5. The van der Waals surface area contributed by atoms with E-state index in [9.17, 15) is 4.79 Å². The first-order chi connectivity index (χ1) is 9.29.